The Morgan fingerprint density at radius 1 is 0.525 bits per heavy atom. The summed E-state index contributed by atoms with van der Waals surface area (Å²) in [6, 6.07) is 49.0. The van der Waals surface area contributed by atoms with Gasteiger partial charge in [0.05, 0.1) is 28.0 Å². The van der Waals surface area contributed by atoms with Gasteiger partial charge in [-0.3, -0.25) is 9.55 Å². The number of para-hydroxylation sites is 2. The van der Waals surface area contributed by atoms with Gasteiger partial charge in [-0.15, -0.1) is 0 Å². The topological polar surface area (TPSA) is 50.9 Å². The van der Waals surface area contributed by atoms with Crippen LogP contribution in [0.2, 0.25) is 0 Å². The van der Waals surface area contributed by atoms with Crippen molar-refractivity contribution in [3.8, 4) is 67.5 Å². The van der Waals surface area contributed by atoms with E-state index in [1.807, 2.05) is 44.3 Å². The molecule has 0 radical (unpaired) electrons. The maximum absolute atomic E-state index is 11.5. The van der Waals surface area contributed by atoms with Crippen LogP contribution in [0.3, 0.4) is 0 Å². The molecule has 6 aromatic carbocycles. The third-order valence-electron chi connectivity index (χ3n) is 12.0. The molecule has 0 bridgehead atoms. The SMILES string of the molecule is [2H]C(C)(C)c1ccc(-c2ccnc(-c3cc(-c4cccc5c4nc(-c4ccccc4O)n5-c4ccc(C(C)(C)C)cc4-c4ccc(C(C)(C)C)cc4)cc(C(C)(C)C)c3)c2)cc1. The van der Waals surface area contributed by atoms with E-state index in [1.54, 1.807) is 6.07 Å². The predicted octanol–water partition coefficient (Wildman–Crippen LogP) is 15.5. The molecule has 2 aromatic heterocycles. The van der Waals surface area contributed by atoms with E-state index in [4.69, 9.17) is 11.3 Å². The summed E-state index contributed by atoms with van der Waals surface area (Å²) < 4.78 is 10.7. The predicted molar refractivity (Wildman–Crippen MR) is 258 cm³/mol. The van der Waals surface area contributed by atoms with Crippen LogP contribution in [-0.4, -0.2) is 19.6 Å². The van der Waals surface area contributed by atoms with Gasteiger partial charge < -0.3 is 5.11 Å². The van der Waals surface area contributed by atoms with E-state index in [-0.39, 0.29) is 22.0 Å². The maximum atomic E-state index is 11.5. The number of phenolic OH excluding ortho intramolecular Hbond substituents is 1. The highest BCUT2D eigenvalue weighted by Gasteiger charge is 2.25. The van der Waals surface area contributed by atoms with Crippen molar-refractivity contribution in [2.45, 2.75) is 98.3 Å². The zero-order valence-corrected chi connectivity index (χ0v) is 37.6. The highest BCUT2D eigenvalue weighted by molar-refractivity contribution is 5.97. The van der Waals surface area contributed by atoms with Crippen LogP contribution in [0.5, 0.6) is 5.75 Å². The second-order valence-corrected chi connectivity index (χ2v) is 19.8. The van der Waals surface area contributed by atoms with Crippen molar-refractivity contribution in [3.05, 3.63) is 168 Å². The summed E-state index contributed by atoms with van der Waals surface area (Å²) in [5.41, 5.74) is 16.2. The minimum Gasteiger partial charge on any atom is -0.507 e. The third-order valence-corrected chi connectivity index (χ3v) is 12.0. The zero-order valence-electron chi connectivity index (χ0n) is 38.6. The summed E-state index contributed by atoms with van der Waals surface area (Å²) in [6.07, 6.45) is 1.89. The molecule has 0 amide bonds. The summed E-state index contributed by atoms with van der Waals surface area (Å²) >= 11 is 0. The molecule has 8 aromatic rings. The molecular formula is C57H59N3O. The van der Waals surface area contributed by atoms with Crippen molar-refractivity contribution >= 4 is 11.0 Å². The molecule has 0 fully saturated rings. The van der Waals surface area contributed by atoms with Gasteiger partial charge in [0, 0.05) is 24.3 Å². The Kier molecular flexibility index (Phi) is 10.3. The van der Waals surface area contributed by atoms with Crippen molar-refractivity contribution in [1.29, 1.82) is 0 Å². The van der Waals surface area contributed by atoms with Gasteiger partial charge in [0.2, 0.25) is 0 Å². The van der Waals surface area contributed by atoms with Gasteiger partial charge in [0.25, 0.3) is 0 Å². The zero-order chi connectivity index (χ0) is 44.4. The number of rotatable bonds is 7. The Morgan fingerprint density at radius 2 is 1.15 bits per heavy atom. The molecule has 0 atom stereocenters. The second-order valence-electron chi connectivity index (χ2n) is 19.8. The number of hydrogen-bond acceptors (Lipinski definition) is 3. The molecule has 4 nitrogen and oxygen atoms in total. The number of aromatic hydroxyl groups is 1. The molecule has 0 saturated heterocycles. The normalized spacial score (nSPS) is 12.8. The molecule has 308 valence electrons. The van der Waals surface area contributed by atoms with Gasteiger partial charge in [-0.05, 0) is 121 Å². The molecule has 0 aliphatic heterocycles. The minimum atomic E-state index is -0.662. The van der Waals surface area contributed by atoms with E-state index in [0.717, 1.165) is 66.9 Å². The molecule has 2 heterocycles. The first-order chi connectivity index (χ1) is 29.2. The lowest BCUT2D eigenvalue weighted by Gasteiger charge is -2.24. The number of pyridine rings is 1. The number of aromatic nitrogens is 3. The Bertz CT molecular complexity index is 2930. The third kappa shape index (κ3) is 8.29. The van der Waals surface area contributed by atoms with Crippen molar-refractivity contribution in [3.63, 3.8) is 0 Å². The lowest BCUT2D eigenvalue weighted by molar-refractivity contribution is 0.477. The van der Waals surface area contributed by atoms with E-state index in [1.165, 1.54) is 16.7 Å². The van der Waals surface area contributed by atoms with Crippen LogP contribution in [0.1, 0.15) is 106 Å². The van der Waals surface area contributed by atoms with Crippen molar-refractivity contribution in [2.24, 2.45) is 0 Å². The van der Waals surface area contributed by atoms with E-state index in [9.17, 15) is 5.11 Å². The Hall–Kier alpha value is -6.26. The smallest absolute Gasteiger partial charge is 0.149 e. The molecule has 0 saturated carbocycles. The summed E-state index contributed by atoms with van der Waals surface area (Å²) in [5, 5.41) is 11.5. The van der Waals surface area contributed by atoms with Gasteiger partial charge >= 0.3 is 0 Å². The van der Waals surface area contributed by atoms with Crippen LogP contribution >= 0.6 is 0 Å². The highest BCUT2D eigenvalue weighted by atomic mass is 16.3. The van der Waals surface area contributed by atoms with Crippen LogP contribution in [0.15, 0.2) is 146 Å². The molecule has 0 unspecified atom stereocenters. The van der Waals surface area contributed by atoms with Crippen molar-refractivity contribution in [2.75, 3.05) is 0 Å². The first kappa shape index (κ1) is 40.2. The van der Waals surface area contributed by atoms with Crippen molar-refractivity contribution < 1.29 is 6.48 Å². The Labute approximate surface area is 364 Å². The lowest BCUT2D eigenvalue weighted by Crippen LogP contribution is -2.12. The first-order valence-corrected chi connectivity index (χ1v) is 21.5. The number of hydrogen-bond donors (Lipinski definition) is 1. The molecule has 1 N–H and O–H groups in total. The second kappa shape index (κ2) is 15.6. The average molecular weight is 803 g/mol. The lowest BCUT2D eigenvalue weighted by atomic mass is 9.83. The summed E-state index contributed by atoms with van der Waals surface area (Å²) in [7, 11) is 0. The fraction of sp³-hybridized carbons (Fsp3) is 0.263. The summed E-state index contributed by atoms with van der Waals surface area (Å²) in [4.78, 5) is 10.4. The first-order valence-electron chi connectivity index (χ1n) is 22.0. The molecule has 61 heavy (non-hydrogen) atoms. The van der Waals surface area contributed by atoms with E-state index >= 15 is 0 Å². The fourth-order valence-electron chi connectivity index (χ4n) is 8.13. The quantitative estimate of drug-likeness (QED) is 0.175. The van der Waals surface area contributed by atoms with Crippen LogP contribution in [0, 0.1) is 0 Å². The molecule has 8 rings (SSSR count). The Morgan fingerprint density at radius 3 is 1.80 bits per heavy atom. The highest BCUT2D eigenvalue weighted by Crippen LogP contribution is 2.43. The molecule has 0 aliphatic carbocycles. The monoisotopic (exact) mass is 802 g/mol. The van der Waals surface area contributed by atoms with Crippen LogP contribution in [-0.2, 0) is 16.2 Å². The standard InChI is InChI=1S/C57H59N3O/c1-36(2)37-19-21-38(22-20-37)40-29-30-58-49(34-40)42-31-41(32-45(33-42)57(9,10)11)46-16-14-17-51-53(46)59-54(47-15-12-13-18-52(47)61)60(51)50-28-27-44(56(6,7)8)35-48(50)39-23-25-43(26-24-39)55(3,4)5/h12-36,61H,1-11H3/i36D. The van der Waals surface area contributed by atoms with Gasteiger partial charge in [0.15, 0.2) is 0 Å². The molecule has 0 spiro atoms. The average Bonchev–Trinajstić information content (AvgIpc) is 3.62. The van der Waals surface area contributed by atoms with Gasteiger partial charge in [0.1, 0.15) is 11.6 Å². The molecular weight excluding hydrogens is 743 g/mol. The van der Waals surface area contributed by atoms with E-state index in [2.05, 4.69) is 176 Å². The van der Waals surface area contributed by atoms with Gasteiger partial charge in [-0.25, -0.2) is 4.98 Å². The van der Waals surface area contributed by atoms with Gasteiger partial charge in [-0.2, -0.15) is 0 Å². The number of benzene rings is 6. The number of fused-ring (bicyclic) bond motifs is 1. The maximum Gasteiger partial charge on any atom is 0.149 e. The van der Waals surface area contributed by atoms with Crippen LogP contribution < -0.4 is 0 Å². The minimum absolute atomic E-state index is 0.0270. The summed E-state index contributed by atoms with van der Waals surface area (Å²) in [6.45, 7) is 24.1. The Balaban J connectivity index is 1.35. The number of imidazole rings is 1. The van der Waals surface area contributed by atoms with E-state index < -0.39 is 5.89 Å². The van der Waals surface area contributed by atoms with Crippen molar-refractivity contribution in [1.82, 2.24) is 14.5 Å². The van der Waals surface area contributed by atoms with Crippen LogP contribution in [0.4, 0.5) is 0 Å². The van der Waals surface area contributed by atoms with Gasteiger partial charge in [-0.1, -0.05) is 161 Å². The number of phenols is 1. The summed E-state index contributed by atoms with van der Waals surface area (Å²) in [5.74, 6) is 0.182. The van der Waals surface area contributed by atoms with Crippen LogP contribution in [0.25, 0.3) is 72.7 Å². The largest absolute Gasteiger partial charge is 0.507 e. The van der Waals surface area contributed by atoms with E-state index in [0.29, 0.717) is 11.4 Å². The molecule has 0 aliphatic rings. The molecule has 4 heteroatoms. The fourth-order valence-corrected chi connectivity index (χ4v) is 8.13. The number of nitrogens with zero attached hydrogens (tertiary/aromatic N) is 3.